The second-order valence-electron chi connectivity index (χ2n) is 6.04. The second kappa shape index (κ2) is 5.17. The number of hydrogen-bond donors (Lipinski definition) is 1. The average Bonchev–Trinajstić information content (AvgIpc) is 2.91. The van der Waals surface area contributed by atoms with Gasteiger partial charge in [0.05, 0.1) is 18.7 Å². The summed E-state index contributed by atoms with van der Waals surface area (Å²) in [5.74, 6) is 0.995. The van der Waals surface area contributed by atoms with Gasteiger partial charge in [-0.3, -0.25) is 4.90 Å². The third-order valence-electron chi connectivity index (χ3n) is 4.60. The van der Waals surface area contributed by atoms with Crippen LogP contribution in [0.25, 0.3) is 0 Å². The fourth-order valence-electron chi connectivity index (χ4n) is 3.44. The Hall–Kier alpha value is -1.01. The molecule has 3 rings (SSSR count). The van der Waals surface area contributed by atoms with Crippen molar-refractivity contribution in [3.63, 3.8) is 0 Å². The van der Waals surface area contributed by atoms with E-state index in [-0.39, 0.29) is 18.7 Å². The van der Waals surface area contributed by atoms with E-state index in [1.54, 1.807) is 0 Å². The van der Waals surface area contributed by atoms with Crippen LogP contribution in [0.5, 0.6) is 0 Å². The lowest BCUT2D eigenvalue weighted by molar-refractivity contribution is 0.0919. The SMILES string of the molecule is CC(C)N1[C@H](CO)CC[C@H]1c1nnnn1C1CCC1. The molecule has 1 aromatic rings. The zero-order valence-corrected chi connectivity index (χ0v) is 11.7. The number of tetrazole rings is 1. The molecule has 1 aromatic heterocycles. The molecule has 0 radical (unpaired) electrons. The van der Waals surface area contributed by atoms with Crippen molar-refractivity contribution in [3.8, 4) is 0 Å². The molecule has 1 saturated carbocycles. The van der Waals surface area contributed by atoms with Crippen LogP contribution >= 0.6 is 0 Å². The molecular formula is C13H23N5O. The Bertz CT molecular complexity index is 428. The summed E-state index contributed by atoms with van der Waals surface area (Å²) in [5, 5.41) is 21.9. The number of aliphatic hydroxyl groups excluding tert-OH is 1. The zero-order valence-electron chi connectivity index (χ0n) is 11.7. The first-order valence-electron chi connectivity index (χ1n) is 7.38. The highest BCUT2D eigenvalue weighted by molar-refractivity contribution is 5.03. The predicted molar refractivity (Wildman–Crippen MR) is 70.5 cm³/mol. The highest BCUT2D eigenvalue weighted by atomic mass is 16.3. The summed E-state index contributed by atoms with van der Waals surface area (Å²) in [6.07, 6.45) is 5.72. The number of nitrogens with zero attached hydrogens (tertiary/aromatic N) is 5. The number of hydrogen-bond acceptors (Lipinski definition) is 5. The fourth-order valence-corrected chi connectivity index (χ4v) is 3.44. The van der Waals surface area contributed by atoms with E-state index in [2.05, 4.69) is 34.3 Å². The Labute approximate surface area is 113 Å². The molecule has 1 saturated heterocycles. The monoisotopic (exact) mass is 265 g/mol. The van der Waals surface area contributed by atoms with E-state index in [1.165, 1.54) is 19.3 Å². The third-order valence-corrected chi connectivity index (χ3v) is 4.60. The van der Waals surface area contributed by atoms with Gasteiger partial charge in [-0.2, -0.15) is 0 Å². The van der Waals surface area contributed by atoms with Gasteiger partial charge < -0.3 is 5.11 Å². The fraction of sp³-hybridized carbons (Fsp3) is 0.923. The first-order chi connectivity index (χ1) is 9.22. The van der Waals surface area contributed by atoms with E-state index in [1.807, 2.05) is 4.68 Å². The zero-order chi connectivity index (χ0) is 13.4. The van der Waals surface area contributed by atoms with Crippen molar-refractivity contribution in [2.24, 2.45) is 0 Å². The molecular weight excluding hydrogens is 242 g/mol. The molecule has 2 atom stereocenters. The van der Waals surface area contributed by atoms with Crippen LogP contribution in [0.15, 0.2) is 0 Å². The average molecular weight is 265 g/mol. The van der Waals surface area contributed by atoms with Gasteiger partial charge in [-0.15, -0.1) is 5.10 Å². The highest BCUT2D eigenvalue weighted by Crippen LogP contribution is 2.39. The van der Waals surface area contributed by atoms with Gasteiger partial charge in [0, 0.05) is 12.1 Å². The quantitative estimate of drug-likeness (QED) is 0.889. The number of rotatable bonds is 4. The Morgan fingerprint density at radius 1 is 1.26 bits per heavy atom. The molecule has 6 nitrogen and oxygen atoms in total. The number of likely N-dealkylation sites (tertiary alicyclic amines) is 1. The lowest BCUT2D eigenvalue weighted by atomic mass is 9.93. The molecule has 19 heavy (non-hydrogen) atoms. The summed E-state index contributed by atoms with van der Waals surface area (Å²) in [6.45, 7) is 4.58. The van der Waals surface area contributed by atoms with Crippen LogP contribution in [0, 0.1) is 0 Å². The molecule has 0 aromatic carbocycles. The summed E-state index contributed by atoms with van der Waals surface area (Å²) < 4.78 is 2.03. The third kappa shape index (κ3) is 2.17. The van der Waals surface area contributed by atoms with Crippen LogP contribution in [-0.4, -0.2) is 48.9 Å². The minimum atomic E-state index is 0.222. The van der Waals surface area contributed by atoms with Crippen molar-refractivity contribution in [2.75, 3.05) is 6.61 Å². The van der Waals surface area contributed by atoms with Crippen LogP contribution in [0.2, 0.25) is 0 Å². The van der Waals surface area contributed by atoms with E-state index in [0.29, 0.717) is 12.1 Å². The van der Waals surface area contributed by atoms with Crippen LogP contribution < -0.4 is 0 Å². The van der Waals surface area contributed by atoms with Gasteiger partial charge >= 0.3 is 0 Å². The van der Waals surface area contributed by atoms with Crippen molar-refractivity contribution >= 4 is 0 Å². The van der Waals surface area contributed by atoms with Crippen molar-refractivity contribution in [2.45, 2.75) is 70.1 Å². The van der Waals surface area contributed by atoms with Gasteiger partial charge in [0.1, 0.15) is 0 Å². The molecule has 2 fully saturated rings. The Kier molecular flexibility index (Phi) is 3.54. The number of aliphatic hydroxyl groups is 1. The van der Waals surface area contributed by atoms with Gasteiger partial charge in [-0.05, 0) is 56.4 Å². The molecule has 2 aliphatic rings. The summed E-state index contributed by atoms with van der Waals surface area (Å²) >= 11 is 0. The minimum Gasteiger partial charge on any atom is -0.395 e. The van der Waals surface area contributed by atoms with Gasteiger partial charge in [0.15, 0.2) is 5.82 Å². The minimum absolute atomic E-state index is 0.222. The molecule has 1 N–H and O–H groups in total. The van der Waals surface area contributed by atoms with Crippen LogP contribution in [0.1, 0.15) is 63.9 Å². The van der Waals surface area contributed by atoms with Crippen LogP contribution in [0.4, 0.5) is 0 Å². The molecule has 0 bridgehead atoms. The number of aromatic nitrogens is 4. The maximum absolute atomic E-state index is 9.54. The van der Waals surface area contributed by atoms with Crippen molar-refractivity contribution in [1.29, 1.82) is 0 Å². The Balaban J connectivity index is 1.86. The van der Waals surface area contributed by atoms with Gasteiger partial charge in [-0.1, -0.05) is 0 Å². The van der Waals surface area contributed by atoms with E-state index in [9.17, 15) is 5.11 Å². The van der Waals surface area contributed by atoms with E-state index < -0.39 is 0 Å². The maximum atomic E-state index is 9.54. The summed E-state index contributed by atoms with van der Waals surface area (Å²) in [6, 6.07) is 1.40. The predicted octanol–water partition coefficient (Wildman–Crippen LogP) is 1.30. The first-order valence-corrected chi connectivity index (χ1v) is 7.38. The normalized spacial score (nSPS) is 29.1. The molecule has 1 aliphatic carbocycles. The van der Waals surface area contributed by atoms with Crippen LogP contribution in [-0.2, 0) is 0 Å². The van der Waals surface area contributed by atoms with Gasteiger partial charge in [0.25, 0.3) is 0 Å². The van der Waals surface area contributed by atoms with Crippen LogP contribution in [0.3, 0.4) is 0 Å². The van der Waals surface area contributed by atoms with Crippen molar-refractivity contribution in [1.82, 2.24) is 25.1 Å². The Morgan fingerprint density at radius 3 is 2.63 bits per heavy atom. The Morgan fingerprint density at radius 2 is 2.05 bits per heavy atom. The maximum Gasteiger partial charge on any atom is 0.168 e. The smallest absolute Gasteiger partial charge is 0.168 e. The largest absolute Gasteiger partial charge is 0.395 e. The van der Waals surface area contributed by atoms with Gasteiger partial charge in [0.2, 0.25) is 0 Å². The molecule has 1 aliphatic heterocycles. The standard InChI is InChI=1S/C13H23N5O/c1-9(2)17-11(8-19)6-7-12(17)13-14-15-16-18(13)10-4-3-5-10/h9-12,19H,3-8H2,1-2H3/t11-,12-/m0/s1. The first kappa shape index (κ1) is 13.0. The molecule has 6 heteroatoms. The van der Waals surface area contributed by atoms with E-state index in [0.717, 1.165) is 18.7 Å². The summed E-state index contributed by atoms with van der Waals surface area (Å²) in [7, 11) is 0. The molecule has 0 spiro atoms. The summed E-state index contributed by atoms with van der Waals surface area (Å²) in [5.41, 5.74) is 0. The highest BCUT2D eigenvalue weighted by Gasteiger charge is 2.39. The summed E-state index contributed by atoms with van der Waals surface area (Å²) in [4.78, 5) is 2.38. The van der Waals surface area contributed by atoms with E-state index >= 15 is 0 Å². The van der Waals surface area contributed by atoms with Gasteiger partial charge in [-0.25, -0.2) is 4.68 Å². The van der Waals surface area contributed by atoms with Crippen molar-refractivity contribution < 1.29 is 5.11 Å². The molecule has 106 valence electrons. The molecule has 2 heterocycles. The van der Waals surface area contributed by atoms with E-state index in [4.69, 9.17) is 0 Å². The molecule has 0 amide bonds. The van der Waals surface area contributed by atoms with Crippen molar-refractivity contribution in [3.05, 3.63) is 5.82 Å². The lowest BCUT2D eigenvalue weighted by Crippen LogP contribution is -2.40. The molecule has 0 unspecified atom stereocenters. The lowest BCUT2D eigenvalue weighted by Gasteiger charge is -2.34. The topological polar surface area (TPSA) is 67.1 Å². The second-order valence-corrected chi connectivity index (χ2v) is 6.04.